The van der Waals surface area contributed by atoms with Gasteiger partial charge in [-0.05, 0) is 25.3 Å². The third-order valence-electron chi connectivity index (χ3n) is 2.86. The number of nitrogens with two attached hydrogens (primary N) is 1. The number of nitrogens with zero attached hydrogens (tertiary/aromatic N) is 2. The van der Waals surface area contributed by atoms with Gasteiger partial charge in [0.1, 0.15) is 11.8 Å². The Kier molecular flexibility index (Phi) is 4.46. The smallest absolute Gasteiger partial charge is 0.134 e. The second-order valence-electron chi connectivity index (χ2n) is 4.37. The number of hydrogen-bond donors (Lipinski definition) is 2. The molecule has 0 saturated carbocycles. The summed E-state index contributed by atoms with van der Waals surface area (Å²) in [4.78, 5) is 0.981. The Balaban J connectivity index is 2.51. The second kappa shape index (κ2) is 5.92. The van der Waals surface area contributed by atoms with Crippen LogP contribution < -0.4 is 16.0 Å². The van der Waals surface area contributed by atoms with E-state index in [1.54, 1.807) is 24.6 Å². The number of thiophene rings is 1. The Bertz CT molecular complexity index is 552. The van der Waals surface area contributed by atoms with Crippen LogP contribution in [0.15, 0.2) is 17.6 Å². The minimum Gasteiger partial charge on any atom is -0.496 e. The Labute approximate surface area is 121 Å². The van der Waals surface area contributed by atoms with Gasteiger partial charge in [-0.1, -0.05) is 11.6 Å². The van der Waals surface area contributed by atoms with Gasteiger partial charge in [-0.3, -0.25) is 10.5 Å². The molecule has 104 valence electrons. The van der Waals surface area contributed by atoms with Crippen molar-refractivity contribution in [3.05, 3.63) is 33.2 Å². The van der Waals surface area contributed by atoms with E-state index in [0.717, 1.165) is 16.3 Å². The van der Waals surface area contributed by atoms with Crippen LogP contribution in [0.2, 0.25) is 5.02 Å². The van der Waals surface area contributed by atoms with Gasteiger partial charge in [0, 0.05) is 6.04 Å². The zero-order valence-electron chi connectivity index (χ0n) is 11.1. The van der Waals surface area contributed by atoms with Crippen molar-refractivity contribution in [2.45, 2.75) is 25.9 Å². The van der Waals surface area contributed by atoms with Crippen molar-refractivity contribution in [3.8, 4) is 5.75 Å². The standard InChI is InChI=1S/C12H17ClN4OS/c1-7(2)17-11(8(13)6-15-17)10(16-14)12-9(18-3)4-5-19-12/h4-7,10,16H,14H2,1-3H3. The number of ether oxygens (including phenoxy) is 1. The molecule has 1 atom stereocenters. The van der Waals surface area contributed by atoms with E-state index in [2.05, 4.69) is 10.5 Å². The topological polar surface area (TPSA) is 65.1 Å². The average Bonchev–Trinajstić information content (AvgIpc) is 2.98. The molecular formula is C12H17ClN4OS. The molecule has 2 heterocycles. The lowest BCUT2D eigenvalue weighted by Crippen LogP contribution is -2.31. The van der Waals surface area contributed by atoms with Crippen molar-refractivity contribution in [1.82, 2.24) is 15.2 Å². The molecule has 0 spiro atoms. The first-order chi connectivity index (χ1) is 9.10. The molecule has 0 fully saturated rings. The number of rotatable bonds is 5. The van der Waals surface area contributed by atoms with E-state index >= 15 is 0 Å². The van der Waals surface area contributed by atoms with Crippen molar-refractivity contribution >= 4 is 22.9 Å². The molecule has 0 bridgehead atoms. The maximum atomic E-state index is 6.26. The molecule has 1 unspecified atom stereocenters. The number of methoxy groups -OCH3 is 1. The molecule has 2 aromatic heterocycles. The second-order valence-corrected chi connectivity index (χ2v) is 5.72. The first kappa shape index (κ1) is 14.3. The molecule has 19 heavy (non-hydrogen) atoms. The zero-order valence-corrected chi connectivity index (χ0v) is 12.6. The third-order valence-corrected chi connectivity index (χ3v) is 4.11. The average molecular weight is 301 g/mol. The van der Waals surface area contributed by atoms with E-state index in [1.807, 2.05) is 30.0 Å². The summed E-state index contributed by atoms with van der Waals surface area (Å²) in [7, 11) is 1.64. The molecule has 5 nitrogen and oxygen atoms in total. The fourth-order valence-corrected chi connectivity index (χ4v) is 3.16. The van der Waals surface area contributed by atoms with Crippen LogP contribution in [0.4, 0.5) is 0 Å². The Hall–Kier alpha value is -1.08. The number of halogens is 1. The SMILES string of the molecule is COc1ccsc1C(NN)c1c(Cl)cnn1C(C)C. The van der Waals surface area contributed by atoms with Gasteiger partial charge in [-0.15, -0.1) is 11.3 Å². The molecule has 0 aliphatic carbocycles. The van der Waals surface area contributed by atoms with Crippen LogP contribution in [0.1, 0.15) is 36.5 Å². The monoisotopic (exact) mass is 300 g/mol. The Morgan fingerprint density at radius 1 is 1.53 bits per heavy atom. The minimum atomic E-state index is -0.243. The first-order valence-corrected chi connectivity index (χ1v) is 7.16. The highest BCUT2D eigenvalue weighted by Crippen LogP contribution is 2.37. The number of hydrogen-bond acceptors (Lipinski definition) is 5. The lowest BCUT2D eigenvalue weighted by molar-refractivity contribution is 0.404. The predicted octanol–water partition coefficient (Wildman–Crippen LogP) is 2.74. The molecule has 3 N–H and O–H groups in total. The van der Waals surface area contributed by atoms with Crippen LogP contribution in [-0.2, 0) is 0 Å². The number of hydrazine groups is 1. The highest BCUT2D eigenvalue weighted by molar-refractivity contribution is 7.10. The molecule has 2 aromatic rings. The van der Waals surface area contributed by atoms with E-state index in [4.69, 9.17) is 22.2 Å². The molecule has 7 heteroatoms. The highest BCUT2D eigenvalue weighted by atomic mass is 35.5. The van der Waals surface area contributed by atoms with E-state index in [0.29, 0.717) is 5.02 Å². The molecule has 0 aliphatic rings. The number of aromatic nitrogens is 2. The molecule has 0 aliphatic heterocycles. The zero-order chi connectivity index (χ0) is 14.0. The quantitative estimate of drug-likeness (QED) is 0.658. The Morgan fingerprint density at radius 2 is 2.26 bits per heavy atom. The van der Waals surface area contributed by atoms with Crippen LogP contribution >= 0.6 is 22.9 Å². The minimum absolute atomic E-state index is 0.198. The molecular weight excluding hydrogens is 284 g/mol. The Morgan fingerprint density at radius 3 is 2.84 bits per heavy atom. The van der Waals surface area contributed by atoms with Crippen LogP contribution in [0.25, 0.3) is 0 Å². The third kappa shape index (κ3) is 2.62. The van der Waals surface area contributed by atoms with Crippen molar-refractivity contribution in [3.63, 3.8) is 0 Å². The van der Waals surface area contributed by atoms with Crippen LogP contribution in [0.5, 0.6) is 5.75 Å². The van der Waals surface area contributed by atoms with Gasteiger partial charge in [0.05, 0.1) is 28.9 Å². The first-order valence-electron chi connectivity index (χ1n) is 5.90. The number of nitrogens with one attached hydrogen (secondary N) is 1. The van der Waals surface area contributed by atoms with E-state index in [9.17, 15) is 0 Å². The summed E-state index contributed by atoms with van der Waals surface area (Å²) in [6, 6.07) is 1.87. The maximum Gasteiger partial charge on any atom is 0.134 e. The van der Waals surface area contributed by atoms with Gasteiger partial charge < -0.3 is 4.74 Å². The van der Waals surface area contributed by atoms with Crippen LogP contribution in [-0.4, -0.2) is 16.9 Å². The molecule has 2 rings (SSSR count). The van der Waals surface area contributed by atoms with Gasteiger partial charge in [-0.2, -0.15) is 5.10 Å². The molecule has 0 radical (unpaired) electrons. The normalized spacial score (nSPS) is 12.9. The lowest BCUT2D eigenvalue weighted by Gasteiger charge is -2.20. The fourth-order valence-electron chi connectivity index (χ4n) is 2.00. The van der Waals surface area contributed by atoms with Gasteiger partial charge in [0.15, 0.2) is 0 Å². The largest absolute Gasteiger partial charge is 0.496 e. The van der Waals surface area contributed by atoms with Gasteiger partial charge in [-0.25, -0.2) is 5.43 Å². The summed E-state index contributed by atoms with van der Waals surface area (Å²) in [6.07, 6.45) is 1.64. The van der Waals surface area contributed by atoms with E-state index in [1.165, 1.54) is 0 Å². The van der Waals surface area contributed by atoms with Crippen molar-refractivity contribution < 1.29 is 4.74 Å². The summed E-state index contributed by atoms with van der Waals surface area (Å²) < 4.78 is 7.22. The summed E-state index contributed by atoms with van der Waals surface area (Å²) in [5.41, 5.74) is 3.65. The highest BCUT2D eigenvalue weighted by Gasteiger charge is 2.26. The predicted molar refractivity (Wildman–Crippen MR) is 77.7 cm³/mol. The fraction of sp³-hybridized carbons (Fsp3) is 0.417. The van der Waals surface area contributed by atoms with E-state index < -0.39 is 0 Å². The van der Waals surface area contributed by atoms with Crippen molar-refractivity contribution in [2.75, 3.05) is 7.11 Å². The molecule has 0 amide bonds. The lowest BCUT2D eigenvalue weighted by atomic mass is 10.1. The van der Waals surface area contributed by atoms with Crippen LogP contribution in [0.3, 0.4) is 0 Å². The molecule has 0 saturated heterocycles. The summed E-state index contributed by atoms with van der Waals surface area (Å²) in [5, 5.41) is 6.85. The van der Waals surface area contributed by atoms with Crippen molar-refractivity contribution in [2.24, 2.45) is 5.84 Å². The van der Waals surface area contributed by atoms with Gasteiger partial charge in [0.2, 0.25) is 0 Å². The molecule has 0 aromatic carbocycles. The summed E-state index contributed by atoms with van der Waals surface area (Å²) in [6.45, 7) is 4.10. The summed E-state index contributed by atoms with van der Waals surface area (Å²) in [5.74, 6) is 6.51. The van der Waals surface area contributed by atoms with Gasteiger partial charge in [0.25, 0.3) is 0 Å². The summed E-state index contributed by atoms with van der Waals surface area (Å²) >= 11 is 7.83. The van der Waals surface area contributed by atoms with Crippen molar-refractivity contribution in [1.29, 1.82) is 0 Å². The van der Waals surface area contributed by atoms with Crippen LogP contribution in [0, 0.1) is 0 Å². The van der Waals surface area contributed by atoms with E-state index in [-0.39, 0.29) is 12.1 Å². The van der Waals surface area contributed by atoms with Gasteiger partial charge >= 0.3 is 0 Å². The maximum absolute atomic E-state index is 6.26.